The third-order valence-electron chi connectivity index (χ3n) is 5.36. The van der Waals surface area contributed by atoms with E-state index in [-0.39, 0.29) is 12.0 Å². The van der Waals surface area contributed by atoms with Crippen LogP contribution in [0, 0.1) is 0 Å². The first-order valence-corrected chi connectivity index (χ1v) is 11.0. The molecule has 1 aliphatic heterocycles. The molecule has 0 bridgehead atoms. The molecular weight excluding hydrogens is 390 g/mol. The summed E-state index contributed by atoms with van der Waals surface area (Å²) in [6, 6.07) is 15.6. The van der Waals surface area contributed by atoms with E-state index in [4.69, 9.17) is 14.5 Å². The second kappa shape index (κ2) is 9.25. The van der Waals surface area contributed by atoms with Gasteiger partial charge < -0.3 is 14.8 Å². The van der Waals surface area contributed by atoms with Crippen LogP contribution < -0.4 is 10.1 Å². The van der Waals surface area contributed by atoms with Crippen molar-refractivity contribution in [3.8, 4) is 5.75 Å². The molecule has 1 atom stereocenters. The number of hydrogen-bond acceptors (Lipinski definition) is 5. The molecule has 0 fully saturated rings. The Hall–Kier alpha value is -3.28. The highest BCUT2D eigenvalue weighted by Crippen LogP contribution is 2.41. The molecule has 0 radical (unpaired) electrons. The molecule has 0 spiro atoms. The number of aromatic nitrogens is 2. The number of hydrogen-bond donors (Lipinski definition) is 1. The van der Waals surface area contributed by atoms with Crippen LogP contribution in [0.1, 0.15) is 51.6 Å². The van der Waals surface area contributed by atoms with Crippen molar-refractivity contribution in [2.75, 3.05) is 18.5 Å². The van der Waals surface area contributed by atoms with Gasteiger partial charge in [-0.05, 0) is 49.6 Å². The lowest BCUT2D eigenvalue weighted by Crippen LogP contribution is -2.29. The van der Waals surface area contributed by atoms with Gasteiger partial charge in [0.15, 0.2) is 0 Å². The third kappa shape index (κ3) is 4.02. The zero-order chi connectivity index (χ0) is 21.8. The maximum atomic E-state index is 13.2. The second-order valence-electron chi connectivity index (χ2n) is 7.61. The zero-order valence-electron chi connectivity index (χ0n) is 18.4. The second-order valence-corrected chi connectivity index (χ2v) is 7.61. The molecule has 0 saturated carbocycles. The number of allylic oxidation sites excluding steroid dienone is 1. The summed E-state index contributed by atoms with van der Waals surface area (Å²) < 4.78 is 13.5. The van der Waals surface area contributed by atoms with Gasteiger partial charge >= 0.3 is 5.97 Å². The summed E-state index contributed by atoms with van der Waals surface area (Å²) in [4.78, 5) is 18.0. The van der Waals surface area contributed by atoms with Crippen LogP contribution in [0.4, 0.5) is 5.95 Å². The Morgan fingerprint density at radius 3 is 2.71 bits per heavy atom. The van der Waals surface area contributed by atoms with E-state index in [1.807, 2.05) is 55.5 Å². The Morgan fingerprint density at radius 2 is 1.94 bits per heavy atom. The molecule has 2 aromatic carbocycles. The minimum absolute atomic E-state index is 0.299. The minimum Gasteiger partial charge on any atom is -0.494 e. The summed E-state index contributed by atoms with van der Waals surface area (Å²) in [5.41, 5.74) is 4.32. The van der Waals surface area contributed by atoms with E-state index in [1.165, 1.54) is 0 Å². The molecule has 2 heterocycles. The van der Waals surface area contributed by atoms with Crippen molar-refractivity contribution in [2.24, 2.45) is 0 Å². The number of nitrogens with one attached hydrogen (secondary N) is 1. The predicted octanol–water partition coefficient (Wildman–Crippen LogP) is 5.46. The number of ether oxygens (including phenoxy) is 2. The number of fused-ring (bicyclic) bond motifs is 3. The van der Waals surface area contributed by atoms with E-state index in [1.54, 1.807) is 0 Å². The van der Waals surface area contributed by atoms with Crippen molar-refractivity contribution in [1.29, 1.82) is 0 Å². The van der Waals surface area contributed by atoms with Gasteiger partial charge in [0.2, 0.25) is 5.95 Å². The summed E-state index contributed by atoms with van der Waals surface area (Å²) >= 11 is 0. The van der Waals surface area contributed by atoms with Crippen LogP contribution in [-0.2, 0) is 9.53 Å². The Balaban J connectivity index is 1.93. The third-order valence-corrected chi connectivity index (χ3v) is 5.36. The zero-order valence-corrected chi connectivity index (χ0v) is 18.4. The average molecular weight is 420 g/mol. The molecule has 1 N–H and O–H groups in total. The number of carbonyl (C=O) groups excluding carboxylic acids is 1. The number of benzene rings is 2. The Labute approximate surface area is 182 Å². The van der Waals surface area contributed by atoms with Crippen molar-refractivity contribution in [1.82, 2.24) is 9.55 Å². The smallest absolute Gasteiger partial charge is 0.338 e. The molecule has 1 aromatic heterocycles. The quantitative estimate of drug-likeness (QED) is 0.491. The molecule has 6 nitrogen and oxygen atoms in total. The maximum Gasteiger partial charge on any atom is 0.338 e. The average Bonchev–Trinajstić information content (AvgIpc) is 3.15. The number of carbonyl (C=O) groups is 1. The number of para-hydroxylation sites is 2. The molecule has 0 aliphatic carbocycles. The number of anilines is 1. The first-order chi connectivity index (χ1) is 15.2. The Kier molecular flexibility index (Phi) is 6.26. The van der Waals surface area contributed by atoms with Gasteiger partial charge in [-0.15, -0.1) is 0 Å². The number of esters is 1. The first kappa shape index (κ1) is 21.0. The van der Waals surface area contributed by atoms with E-state index in [0.717, 1.165) is 53.3 Å². The van der Waals surface area contributed by atoms with Crippen LogP contribution in [0.5, 0.6) is 5.75 Å². The summed E-state index contributed by atoms with van der Waals surface area (Å²) in [6.45, 7) is 6.99. The van der Waals surface area contributed by atoms with Crippen LogP contribution in [0.15, 0.2) is 59.8 Å². The highest BCUT2D eigenvalue weighted by Gasteiger charge is 2.36. The Bertz CT molecular complexity index is 1120. The fourth-order valence-corrected chi connectivity index (χ4v) is 4.09. The molecule has 162 valence electrons. The predicted molar refractivity (Wildman–Crippen MR) is 122 cm³/mol. The van der Waals surface area contributed by atoms with Crippen LogP contribution in [0.2, 0.25) is 0 Å². The van der Waals surface area contributed by atoms with E-state index < -0.39 is 0 Å². The lowest BCUT2D eigenvalue weighted by Gasteiger charge is -2.31. The fourth-order valence-electron chi connectivity index (χ4n) is 4.09. The van der Waals surface area contributed by atoms with Gasteiger partial charge in [-0.2, -0.15) is 0 Å². The summed E-state index contributed by atoms with van der Waals surface area (Å²) in [5, 5.41) is 3.42. The van der Waals surface area contributed by atoms with Crippen LogP contribution in [-0.4, -0.2) is 28.7 Å². The lowest BCUT2D eigenvalue weighted by atomic mass is 9.93. The number of imidazole rings is 1. The van der Waals surface area contributed by atoms with Crippen molar-refractivity contribution in [3.63, 3.8) is 0 Å². The van der Waals surface area contributed by atoms with Crippen molar-refractivity contribution >= 4 is 23.0 Å². The minimum atomic E-state index is -0.352. The van der Waals surface area contributed by atoms with Crippen LogP contribution in [0.3, 0.4) is 0 Å². The largest absolute Gasteiger partial charge is 0.494 e. The molecule has 1 aliphatic rings. The van der Waals surface area contributed by atoms with E-state index in [9.17, 15) is 4.79 Å². The van der Waals surface area contributed by atoms with Crippen molar-refractivity contribution in [2.45, 2.75) is 46.1 Å². The van der Waals surface area contributed by atoms with Gasteiger partial charge in [-0.3, -0.25) is 4.57 Å². The van der Waals surface area contributed by atoms with Gasteiger partial charge in [-0.25, -0.2) is 9.78 Å². The Morgan fingerprint density at radius 1 is 1.10 bits per heavy atom. The monoisotopic (exact) mass is 419 g/mol. The highest BCUT2D eigenvalue weighted by molar-refractivity contribution is 5.94. The maximum absolute atomic E-state index is 13.2. The van der Waals surface area contributed by atoms with E-state index in [0.29, 0.717) is 18.8 Å². The van der Waals surface area contributed by atoms with Gasteiger partial charge in [0.25, 0.3) is 0 Å². The van der Waals surface area contributed by atoms with Gasteiger partial charge in [0.1, 0.15) is 5.75 Å². The molecule has 31 heavy (non-hydrogen) atoms. The summed E-state index contributed by atoms with van der Waals surface area (Å²) in [7, 11) is 0. The van der Waals surface area contributed by atoms with Gasteiger partial charge in [-0.1, -0.05) is 44.5 Å². The molecule has 0 saturated heterocycles. The number of rotatable bonds is 8. The molecule has 6 heteroatoms. The fraction of sp³-hybridized carbons (Fsp3) is 0.360. The highest BCUT2D eigenvalue weighted by atomic mass is 16.5. The van der Waals surface area contributed by atoms with Crippen molar-refractivity contribution in [3.05, 3.63) is 65.4 Å². The van der Waals surface area contributed by atoms with Crippen LogP contribution >= 0.6 is 0 Å². The molecule has 0 amide bonds. The van der Waals surface area contributed by atoms with E-state index in [2.05, 4.69) is 23.7 Å². The van der Waals surface area contributed by atoms with E-state index >= 15 is 0 Å². The van der Waals surface area contributed by atoms with Gasteiger partial charge in [0.05, 0.1) is 35.9 Å². The lowest BCUT2D eigenvalue weighted by molar-refractivity contribution is -0.139. The molecular formula is C25H29N3O3. The molecule has 4 rings (SSSR count). The standard InChI is InChI=1S/C25H29N3O3/c1-4-10-20-22(24(29)30-6-3)23(17-11-9-12-18(16-17)31-15-5-2)28-21-14-8-7-13-19(21)26-25(28)27-20/h7-9,11-14,16,23H,4-6,10,15H2,1-3H3,(H,26,27). The molecule has 3 aromatic rings. The van der Waals surface area contributed by atoms with Gasteiger partial charge in [0, 0.05) is 5.70 Å². The SMILES string of the molecule is CCCOc1cccc(C2C(C(=O)OCC)=C(CCC)Nc3nc4ccccc4n32)c1. The number of nitrogens with zero attached hydrogens (tertiary/aromatic N) is 2. The summed E-state index contributed by atoms with van der Waals surface area (Å²) in [5.74, 6) is 1.23. The van der Waals surface area contributed by atoms with Crippen LogP contribution in [0.25, 0.3) is 11.0 Å². The summed E-state index contributed by atoms with van der Waals surface area (Å²) in [6.07, 6.45) is 2.57. The molecule has 1 unspecified atom stereocenters. The normalized spacial score (nSPS) is 15.5. The topological polar surface area (TPSA) is 65.4 Å². The van der Waals surface area contributed by atoms with Crippen molar-refractivity contribution < 1.29 is 14.3 Å². The first-order valence-electron chi connectivity index (χ1n) is 11.0.